The minimum absolute atomic E-state index is 0.219. The molecule has 0 bridgehead atoms. The number of hydrogen-bond acceptors (Lipinski definition) is 3. The van der Waals surface area contributed by atoms with Crippen molar-refractivity contribution in [3.63, 3.8) is 0 Å². The molecule has 2 aromatic rings. The molecule has 6 heteroatoms. The van der Waals surface area contributed by atoms with Crippen LogP contribution in [0, 0.1) is 17.5 Å². The average molecular weight is 304 g/mol. The van der Waals surface area contributed by atoms with Gasteiger partial charge in [0.1, 0.15) is 4.64 Å². The summed E-state index contributed by atoms with van der Waals surface area (Å²) in [6, 6.07) is 3.45. The smallest absolute Gasteiger partial charge is 0.258 e. The Morgan fingerprint density at radius 1 is 1.52 bits per heavy atom. The highest BCUT2D eigenvalue weighted by atomic mass is 32.1. The van der Waals surface area contributed by atoms with Crippen LogP contribution in [0.3, 0.4) is 0 Å². The van der Waals surface area contributed by atoms with Crippen molar-refractivity contribution in [3.8, 4) is 0 Å². The van der Waals surface area contributed by atoms with E-state index in [0.29, 0.717) is 16.1 Å². The van der Waals surface area contributed by atoms with E-state index in [0.717, 1.165) is 24.3 Å². The van der Waals surface area contributed by atoms with Crippen molar-refractivity contribution in [2.75, 3.05) is 5.32 Å². The molecule has 1 amide bonds. The first-order valence-corrected chi connectivity index (χ1v) is 7.41. The summed E-state index contributed by atoms with van der Waals surface area (Å²) in [6.45, 7) is 7.16. The molecular formula is C15H20N4OS. The zero-order chi connectivity index (χ0) is 15.4. The van der Waals surface area contributed by atoms with E-state index < -0.39 is 0 Å². The predicted molar refractivity (Wildman–Crippen MR) is 86.0 cm³/mol. The molecule has 2 N–H and O–H groups in total. The maximum atomic E-state index is 12.2. The number of carbonyl (C=O) groups is 1. The van der Waals surface area contributed by atoms with Gasteiger partial charge in [0.15, 0.2) is 0 Å². The first kappa shape index (κ1) is 15.4. The lowest BCUT2D eigenvalue weighted by Crippen LogP contribution is -2.13. The van der Waals surface area contributed by atoms with Gasteiger partial charge in [-0.15, -0.1) is 0 Å². The van der Waals surface area contributed by atoms with Crippen LogP contribution in [-0.2, 0) is 6.54 Å². The third-order valence-corrected chi connectivity index (χ3v) is 3.67. The van der Waals surface area contributed by atoms with Crippen molar-refractivity contribution < 1.29 is 4.79 Å². The van der Waals surface area contributed by atoms with E-state index in [-0.39, 0.29) is 5.91 Å². The number of pyridine rings is 1. The topological polar surface area (TPSA) is 62.7 Å². The highest BCUT2D eigenvalue weighted by Crippen LogP contribution is 2.16. The molecule has 0 aromatic carbocycles. The van der Waals surface area contributed by atoms with Crippen LogP contribution in [-0.4, -0.2) is 20.7 Å². The Labute approximate surface area is 129 Å². The van der Waals surface area contributed by atoms with Crippen molar-refractivity contribution in [3.05, 3.63) is 40.4 Å². The third kappa shape index (κ3) is 3.78. The predicted octanol–water partition coefficient (Wildman–Crippen LogP) is 3.55. The van der Waals surface area contributed by atoms with Gasteiger partial charge in [-0.25, -0.2) is 0 Å². The van der Waals surface area contributed by atoms with E-state index in [9.17, 15) is 4.79 Å². The van der Waals surface area contributed by atoms with Crippen LogP contribution in [0.5, 0.6) is 0 Å². The summed E-state index contributed by atoms with van der Waals surface area (Å²) >= 11 is 5.12. The summed E-state index contributed by atoms with van der Waals surface area (Å²) in [5, 5.41) is 7.19. The monoisotopic (exact) mass is 304 g/mol. The molecular weight excluding hydrogens is 284 g/mol. The molecule has 21 heavy (non-hydrogen) atoms. The number of aromatic nitrogens is 3. The fraction of sp³-hybridized carbons (Fsp3) is 0.400. The van der Waals surface area contributed by atoms with Crippen LogP contribution in [0.2, 0.25) is 0 Å². The Morgan fingerprint density at radius 2 is 2.29 bits per heavy atom. The second kappa shape index (κ2) is 6.67. The normalized spacial score (nSPS) is 10.9. The van der Waals surface area contributed by atoms with E-state index >= 15 is 0 Å². The Hall–Kier alpha value is -1.95. The van der Waals surface area contributed by atoms with Gasteiger partial charge >= 0.3 is 0 Å². The Balaban J connectivity index is 2.12. The van der Waals surface area contributed by atoms with Crippen molar-refractivity contribution >= 4 is 23.8 Å². The van der Waals surface area contributed by atoms with Crippen LogP contribution in [0.25, 0.3) is 0 Å². The number of H-pyrrole nitrogens is 1. The molecule has 0 saturated carbocycles. The number of hydrogen-bond donors (Lipinski definition) is 2. The molecule has 0 atom stereocenters. The number of carbonyl (C=O) groups excluding carboxylic acids is 1. The fourth-order valence-electron chi connectivity index (χ4n) is 1.97. The van der Waals surface area contributed by atoms with Crippen molar-refractivity contribution in [1.29, 1.82) is 0 Å². The van der Waals surface area contributed by atoms with E-state index in [1.165, 1.54) is 0 Å². The molecule has 0 saturated heterocycles. The van der Waals surface area contributed by atoms with Crippen LogP contribution in [0.15, 0.2) is 24.5 Å². The number of nitrogens with one attached hydrogen (secondary N) is 2. The van der Waals surface area contributed by atoms with Crippen LogP contribution >= 0.6 is 12.2 Å². The Kier molecular flexibility index (Phi) is 4.90. The lowest BCUT2D eigenvalue weighted by molar-refractivity contribution is 0.102. The molecule has 0 unspecified atom stereocenters. The van der Waals surface area contributed by atoms with Gasteiger partial charge in [0, 0.05) is 12.7 Å². The number of aryl methyl sites for hydroxylation is 1. The highest BCUT2D eigenvalue weighted by Gasteiger charge is 2.12. The Morgan fingerprint density at radius 3 is 2.95 bits per heavy atom. The molecule has 0 aliphatic carbocycles. The van der Waals surface area contributed by atoms with Crippen LogP contribution < -0.4 is 5.32 Å². The summed E-state index contributed by atoms with van der Waals surface area (Å²) in [4.78, 5) is 15.1. The zero-order valence-corrected chi connectivity index (χ0v) is 13.3. The summed E-state index contributed by atoms with van der Waals surface area (Å²) in [5.41, 5.74) is 2.14. The third-order valence-electron chi connectivity index (χ3n) is 3.33. The number of rotatable bonds is 5. The number of anilines is 1. The molecule has 2 heterocycles. The van der Waals surface area contributed by atoms with Crippen LogP contribution in [0.4, 0.5) is 5.69 Å². The van der Waals surface area contributed by atoms with Gasteiger partial charge in [0.05, 0.1) is 23.1 Å². The summed E-state index contributed by atoms with van der Waals surface area (Å²) in [5.74, 6) is 0.401. The molecule has 0 fully saturated rings. The second-order valence-electron chi connectivity index (χ2n) is 5.42. The molecule has 0 spiro atoms. The van der Waals surface area contributed by atoms with Crippen molar-refractivity contribution in [2.45, 2.75) is 33.7 Å². The van der Waals surface area contributed by atoms with E-state index in [4.69, 9.17) is 12.2 Å². The number of aromatic amines is 1. The van der Waals surface area contributed by atoms with Gasteiger partial charge in [-0.1, -0.05) is 26.1 Å². The zero-order valence-electron chi connectivity index (χ0n) is 12.5. The summed E-state index contributed by atoms with van der Waals surface area (Å²) in [7, 11) is 0. The molecule has 0 aliphatic rings. The first-order valence-electron chi connectivity index (χ1n) is 7.00. The number of amides is 1. The second-order valence-corrected chi connectivity index (χ2v) is 5.82. The van der Waals surface area contributed by atoms with Gasteiger partial charge in [-0.3, -0.25) is 9.48 Å². The average Bonchev–Trinajstić information content (AvgIpc) is 2.78. The molecule has 112 valence electrons. The fourth-order valence-corrected chi connectivity index (χ4v) is 2.19. The van der Waals surface area contributed by atoms with E-state index in [1.807, 2.05) is 11.6 Å². The number of nitrogens with zero attached hydrogens (tertiary/aromatic N) is 2. The summed E-state index contributed by atoms with van der Waals surface area (Å²) < 4.78 is 2.35. The highest BCUT2D eigenvalue weighted by molar-refractivity contribution is 7.71. The molecule has 2 rings (SSSR count). The van der Waals surface area contributed by atoms with Crippen molar-refractivity contribution in [2.24, 2.45) is 5.92 Å². The first-order chi connectivity index (χ1) is 9.99. The lowest BCUT2D eigenvalue weighted by atomic mass is 10.1. The maximum absolute atomic E-state index is 12.2. The van der Waals surface area contributed by atoms with Gasteiger partial charge in [0.25, 0.3) is 5.91 Å². The standard InChI is InChI=1S/C15H20N4OS/c1-10(2)6-8-19-11(3)13(9-17-19)18-14(20)12-5-4-7-16-15(12)21/h4-5,7,9-10H,6,8H2,1-3H3,(H,16,21)(H,18,20). The minimum Gasteiger partial charge on any atom is -0.352 e. The van der Waals surface area contributed by atoms with Gasteiger partial charge in [0.2, 0.25) is 0 Å². The van der Waals surface area contributed by atoms with Crippen LogP contribution in [0.1, 0.15) is 36.3 Å². The van der Waals surface area contributed by atoms with Gasteiger partial charge in [-0.2, -0.15) is 5.10 Å². The molecule has 0 aliphatic heterocycles. The maximum Gasteiger partial charge on any atom is 0.258 e. The lowest BCUT2D eigenvalue weighted by Gasteiger charge is -2.08. The van der Waals surface area contributed by atoms with Crippen molar-refractivity contribution in [1.82, 2.24) is 14.8 Å². The van der Waals surface area contributed by atoms with E-state index in [1.54, 1.807) is 24.5 Å². The van der Waals surface area contributed by atoms with Gasteiger partial charge < -0.3 is 10.3 Å². The Bertz CT molecular complexity index is 687. The van der Waals surface area contributed by atoms with Gasteiger partial charge in [-0.05, 0) is 31.4 Å². The van der Waals surface area contributed by atoms with E-state index in [2.05, 4.69) is 29.2 Å². The minimum atomic E-state index is -0.219. The molecule has 2 aromatic heterocycles. The summed E-state index contributed by atoms with van der Waals surface area (Å²) in [6.07, 6.45) is 4.44. The quantitative estimate of drug-likeness (QED) is 0.830. The molecule has 5 nitrogen and oxygen atoms in total. The molecule has 0 radical (unpaired) electrons. The largest absolute Gasteiger partial charge is 0.352 e. The SMILES string of the molecule is Cc1c(NC(=O)c2ccc[nH]c2=S)cnn1CCC(C)C.